The Morgan fingerprint density at radius 1 is 1.18 bits per heavy atom. The van der Waals surface area contributed by atoms with Gasteiger partial charge in [0.2, 0.25) is 0 Å². The zero-order chi connectivity index (χ0) is 8.69. The summed E-state index contributed by atoms with van der Waals surface area (Å²) in [6.45, 7) is 10.2. The molecule has 1 heteroatoms. The Hall–Kier alpha value is -0.0400. The third-order valence-corrected chi connectivity index (χ3v) is 1.93. The molecular formula is C10H23N. The van der Waals surface area contributed by atoms with Crippen molar-refractivity contribution >= 4 is 0 Å². The molecule has 1 atom stereocenters. The fourth-order valence-electron chi connectivity index (χ4n) is 1.09. The van der Waals surface area contributed by atoms with Crippen LogP contribution in [0.2, 0.25) is 0 Å². The van der Waals surface area contributed by atoms with Crippen molar-refractivity contribution in [2.75, 3.05) is 6.54 Å². The number of hydrogen-bond donors (Lipinski definition) is 1. The third-order valence-electron chi connectivity index (χ3n) is 1.93. The average Bonchev–Trinajstić information content (AvgIpc) is 1.97. The summed E-state index contributed by atoms with van der Waals surface area (Å²) in [4.78, 5) is 0. The van der Waals surface area contributed by atoms with Crippen molar-refractivity contribution in [1.29, 1.82) is 0 Å². The molecule has 68 valence electrons. The molecular weight excluding hydrogens is 134 g/mol. The maximum Gasteiger partial charge on any atom is 0.00104 e. The van der Waals surface area contributed by atoms with Crippen LogP contribution in [0.4, 0.5) is 0 Å². The molecule has 0 heterocycles. The highest BCUT2D eigenvalue weighted by Gasteiger charge is 2.00. The summed E-state index contributed by atoms with van der Waals surface area (Å²) in [5.41, 5.74) is 0. The zero-order valence-corrected chi connectivity index (χ0v) is 8.48. The van der Waals surface area contributed by atoms with Crippen molar-refractivity contribution in [2.24, 2.45) is 5.92 Å². The molecule has 0 amide bonds. The van der Waals surface area contributed by atoms with Gasteiger partial charge < -0.3 is 5.32 Å². The molecule has 0 aliphatic carbocycles. The number of nitrogens with one attached hydrogen (secondary N) is 1. The van der Waals surface area contributed by atoms with E-state index in [1.807, 2.05) is 0 Å². The van der Waals surface area contributed by atoms with Gasteiger partial charge >= 0.3 is 0 Å². The van der Waals surface area contributed by atoms with E-state index in [0.717, 1.165) is 5.92 Å². The van der Waals surface area contributed by atoms with E-state index in [-0.39, 0.29) is 0 Å². The molecule has 0 aromatic rings. The van der Waals surface area contributed by atoms with Gasteiger partial charge in [0.15, 0.2) is 0 Å². The number of hydrogen-bond acceptors (Lipinski definition) is 1. The second kappa shape index (κ2) is 6.66. The van der Waals surface area contributed by atoms with Crippen LogP contribution in [0.5, 0.6) is 0 Å². The predicted octanol–water partition coefficient (Wildman–Crippen LogP) is 2.81. The maximum atomic E-state index is 3.45. The van der Waals surface area contributed by atoms with Crippen LogP contribution in [-0.4, -0.2) is 12.6 Å². The van der Waals surface area contributed by atoms with E-state index in [2.05, 4.69) is 33.0 Å². The quantitative estimate of drug-likeness (QED) is 0.625. The molecule has 0 saturated carbocycles. The van der Waals surface area contributed by atoms with Gasteiger partial charge in [-0.15, -0.1) is 0 Å². The highest BCUT2D eigenvalue weighted by atomic mass is 14.9. The molecule has 1 N–H and O–H groups in total. The van der Waals surface area contributed by atoms with Crippen LogP contribution < -0.4 is 5.32 Å². The van der Waals surface area contributed by atoms with Crippen molar-refractivity contribution in [3.8, 4) is 0 Å². The molecule has 0 fully saturated rings. The third kappa shape index (κ3) is 7.86. The van der Waals surface area contributed by atoms with Gasteiger partial charge in [0.05, 0.1) is 0 Å². The van der Waals surface area contributed by atoms with Gasteiger partial charge in [-0.3, -0.25) is 0 Å². The summed E-state index contributed by atoms with van der Waals surface area (Å²) in [5, 5.41) is 3.45. The summed E-state index contributed by atoms with van der Waals surface area (Å²) in [5.74, 6) is 0.845. The highest BCUT2D eigenvalue weighted by Crippen LogP contribution is 2.05. The van der Waals surface area contributed by atoms with Gasteiger partial charge in [0.25, 0.3) is 0 Å². The summed E-state index contributed by atoms with van der Waals surface area (Å²) in [7, 11) is 0. The molecule has 1 unspecified atom stereocenters. The Kier molecular flexibility index (Phi) is 6.63. The molecule has 0 bridgehead atoms. The lowest BCUT2D eigenvalue weighted by atomic mass is 10.0. The van der Waals surface area contributed by atoms with Gasteiger partial charge in [-0.1, -0.05) is 40.5 Å². The van der Waals surface area contributed by atoms with Crippen molar-refractivity contribution < 1.29 is 0 Å². The Labute approximate surface area is 71.6 Å². The second-order valence-electron chi connectivity index (χ2n) is 3.81. The lowest BCUT2D eigenvalue weighted by Crippen LogP contribution is -2.27. The number of unbranched alkanes of at least 4 members (excludes halogenated alkanes) is 1. The molecule has 0 aliphatic heterocycles. The summed E-state index contributed by atoms with van der Waals surface area (Å²) < 4.78 is 0. The van der Waals surface area contributed by atoms with Crippen LogP contribution in [-0.2, 0) is 0 Å². The van der Waals surface area contributed by atoms with Gasteiger partial charge in [-0.05, 0) is 18.9 Å². The van der Waals surface area contributed by atoms with Crippen LogP contribution in [0, 0.1) is 5.92 Å². The molecule has 0 rings (SSSR count). The van der Waals surface area contributed by atoms with E-state index in [1.54, 1.807) is 0 Å². The Balaban J connectivity index is 3.15. The van der Waals surface area contributed by atoms with E-state index in [1.165, 1.54) is 25.8 Å². The molecule has 1 nitrogen and oxygen atoms in total. The van der Waals surface area contributed by atoms with E-state index in [4.69, 9.17) is 0 Å². The molecule has 0 aromatic heterocycles. The molecule has 0 saturated heterocycles. The average molecular weight is 157 g/mol. The standard InChI is InChI=1S/C10H23N/c1-5-6-7-10(4)8-11-9(2)3/h9-11H,5-8H2,1-4H3. The molecule has 11 heavy (non-hydrogen) atoms. The summed E-state index contributed by atoms with van der Waals surface area (Å²) in [6.07, 6.45) is 4.07. The predicted molar refractivity (Wildman–Crippen MR) is 51.8 cm³/mol. The first-order valence-electron chi connectivity index (χ1n) is 4.90. The van der Waals surface area contributed by atoms with Crippen LogP contribution in [0.3, 0.4) is 0 Å². The van der Waals surface area contributed by atoms with Crippen molar-refractivity contribution in [2.45, 2.75) is 53.0 Å². The fraction of sp³-hybridized carbons (Fsp3) is 1.00. The van der Waals surface area contributed by atoms with Gasteiger partial charge in [0.1, 0.15) is 0 Å². The fourth-order valence-corrected chi connectivity index (χ4v) is 1.09. The highest BCUT2D eigenvalue weighted by molar-refractivity contribution is 4.59. The van der Waals surface area contributed by atoms with Crippen molar-refractivity contribution in [3.63, 3.8) is 0 Å². The van der Waals surface area contributed by atoms with Crippen LogP contribution in [0.25, 0.3) is 0 Å². The zero-order valence-electron chi connectivity index (χ0n) is 8.48. The van der Waals surface area contributed by atoms with E-state index in [0.29, 0.717) is 6.04 Å². The SMILES string of the molecule is CCCCC(C)CNC(C)C. The Bertz CT molecular complexity index is 78.9. The maximum absolute atomic E-state index is 3.45. The molecule has 0 spiro atoms. The summed E-state index contributed by atoms with van der Waals surface area (Å²) in [6, 6.07) is 0.638. The molecule has 0 radical (unpaired) electrons. The molecule has 0 aromatic carbocycles. The summed E-state index contributed by atoms with van der Waals surface area (Å²) >= 11 is 0. The topological polar surface area (TPSA) is 12.0 Å². The van der Waals surface area contributed by atoms with E-state index >= 15 is 0 Å². The normalized spacial score (nSPS) is 13.9. The van der Waals surface area contributed by atoms with Gasteiger partial charge in [-0.25, -0.2) is 0 Å². The molecule has 0 aliphatic rings. The first-order chi connectivity index (χ1) is 5.16. The Morgan fingerprint density at radius 2 is 1.82 bits per heavy atom. The van der Waals surface area contributed by atoms with Gasteiger partial charge in [-0.2, -0.15) is 0 Å². The first-order valence-corrected chi connectivity index (χ1v) is 4.90. The minimum absolute atomic E-state index is 0.638. The van der Waals surface area contributed by atoms with Crippen molar-refractivity contribution in [3.05, 3.63) is 0 Å². The van der Waals surface area contributed by atoms with Crippen LogP contribution in [0.15, 0.2) is 0 Å². The lowest BCUT2D eigenvalue weighted by Gasteiger charge is -2.13. The van der Waals surface area contributed by atoms with E-state index < -0.39 is 0 Å². The van der Waals surface area contributed by atoms with Crippen LogP contribution in [0.1, 0.15) is 47.0 Å². The van der Waals surface area contributed by atoms with Crippen molar-refractivity contribution in [1.82, 2.24) is 5.32 Å². The lowest BCUT2D eigenvalue weighted by molar-refractivity contribution is 0.441. The van der Waals surface area contributed by atoms with Crippen LogP contribution >= 0.6 is 0 Å². The minimum Gasteiger partial charge on any atom is -0.314 e. The largest absolute Gasteiger partial charge is 0.314 e. The monoisotopic (exact) mass is 157 g/mol. The first kappa shape index (κ1) is 11.0. The van der Waals surface area contributed by atoms with Gasteiger partial charge in [0, 0.05) is 6.04 Å². The second-order valence-corrected chi connectivity index (χ2v) is 3.81. The number of rotatable bonds is 6. The minimum atomic E-state index is 0.638. The smallest absolute Gasteiger partial charge is 0.00104 e. The Morgan fingerprint density at radius 3 is 2.27 bits per heavy atom. The van der Waals surface area contributed by atoms with E-state index in [9.17, 15) is 0 Å².